The summed E-state index contributed by atoms with van der Waals surface area (Å²) in [7, 11) is 0. The average Bonchev–Trinajstić information content (AvgIpc) is 2.62. The summed E-state index contributed by atoms with van der Waals surface area (Å²) in [6, 6.07) is 14.2. The summed E-state index contributed by atoms with van der Waals surface area (Å²) in [5, 5.41) is 0.664. The van der Waals surface area contributed by atoms with Crippen LogP contribution in [-0.2, 0) is 4.79 Å². The van der Waals surface area contributed by atoms with Crippen molar-refractivity contribution in [1.29, 1.82) is 0 Å². The highest BCUT2D eigenvalue weighted by Crippen LogP contribution is 2.26. The minimum absolute atomic E-state index is 0.263. The zero-order valence-corrected chi connectivity index (χ0v) is 15.3. The Morgan fingerprint density at radius 3 is 2.48 bits per heavy atom. The van der Waals surface area contributed by atoms with Crippen LogP contribution in [0.5, 0.6) is 5.75 Å². The number of amides is 2. The number of hydrazine groups is 1. The molecule has 2 aromatic rings. The van der Waals surface area contributed by atoms with E-state index in [0.717, 1.165) is 4.90 Å². The molecule has 0 aromatic heterocycles. The Morgan fingerprint density at radius 1 is 1.08 bits per heavy atom. The standard InChI is InChI=1S/C18H19ClN2O3S/c1-2-24-14-9-7-13(8-10-14)18(23)21-20-17(22)11-12-25-16-6-4-3-5-15(16)19/h3-10H,2,11-12H2,1H3,(H,20,22)(H,21,23). The molecule has 132 valence electrons. The van der Waals surface area contributed by atoms with Crippen LogP contribution >= 0.6 is 23.4 Å². The van der Waals surface area contributed by atoms with Gasteiger partial charge >= 0.3 is 0 Å². The first kappa shape index (κ1) is 19.1. The topological polar surface area (TPSA) is 67.4 Å². The molecule has 2 aromatic carbocycles. The van der Waals surface area contributed by atoms with E-state index in [1.165, 1.54) is 11.8 Å². The number of hydrogen-bond acceptors (Lipinski definition) is 4. The summed E-state index contributed by atoms with van der Waals surface area (Å²) in [5.41, 5.74) is 5.24. The Bertz CT molecular complexity index is 723. The van der Waals surface area contributed by atoms with Gasteiger partial charge in [0.1, 0.15) is 5.75 Å². The molecular weight excluding hydrogens is 360 g/mol. The molecule has 7 heteroatoms. The molecular formula is C18H19ClN2O3S. The van der Waals surface area contributed by atoms with Gasteiger partial charge in [0, 0.05) is 22.6 Å². The highest BCUT2D eigenvalue weighted by atomic mass is 35.5. The lowest BCUT2D eigenvalue weighted by Crippen LogP contribution is -2.41. The van der Waals surface area contributed by atoms with Crippen molar-refractivity contribution in [1.82, 2.24) is 10.9 Å². The molecule has 0 bridgehead atoms. The van der Waals surface area contributed by atoms with Gasteiger partial charge in [0.2, 0.25) is 5.91 Å². The summed E-state index contributed by atoms with van der Waals surface area (Å²) < 4.78 is 5.31. The van der Waals surface area contributed by atoms with Crippen molar-refractivity contribution >= 4 is 35.2 Å². The van der Waals surface area contributed by atoms with Crippen molar-refractivity contribution in [3.05, 3.63) is 59.1 Å². The summed E-state index contributed by atoms with van der Waals surface area (Å²) in [5.74, 6) is 0.614. The van der Waals surface area contributed by atoms with Gasteiger partial charge in [0.15, 0.2) is 0 Å². The molecule has 0 unspecified atom stereocenters. The van der Waals surface area contributed by atoms with Crippen molar-refractivity contribution in [2.24, 2.45) is 0 Å². The quantitative estimate of drug-likeness (QED) is 0.569. The normalized spacial score (nSPS) is 10.2. The molecule has 0 fully saturated rings. The van der Waals surface area contributed by atoms with E-state index in [2.05, 4.69) is 10.9 Å². The molecule has 0 spiro atoms. The van der Waals surface area contributed by atoms with Crippen LogP contribution in [0.3, 0.4) is 0 Å². The highest BCUT2D eigenvalue weighted by molar-refractivity contribution is 7.99. The third-order valence-corrected chi connectivity index (χ3v) is 4.68. The third-order valence-electron chi connectivity index (χ3n) is 3.17. The number of nitrogens with one attached hydrogen (secondary N) is 2. The third kappa shape index (κ3) is 6.32. The average molecular weight is 379 g/mol. The van der Waals surface area contributed by atoms with Crippen molar-refractivity contribution in [3.63, 3.8) is 0 Å². The van der Waals surface area contributed by atoms with Gasteiger partial charge in [-0.1, -0.05) is 23.7 Å². The Labute approximate surface area is 156 Å². The number of thioether (sulfide) groups is 1. The van der Waals surface area contributed by atoms with Crippen molar-refractivity contribution in [2.45, 2.75) is 18.2 Å². The molecule has 0 saturated heterocycles. The molecule has 0 aliphatic rings. The SMILES string of the molecule is CCOc1ccc(C(=O)NNC(=O)CCSc2ccccc2Cl)cc1. The fourth-order valence-corrected chi connectivity index (χ4v) is 3.13. The van der Waals surface area contributed by atoms with Gasteiger partial charge in [-0.2, -0.15) is 0 Å². The molecule has 25 heavy (non-hydrogen) atoms. The fraction of sp³-hybridized carbons (Fsp3) is 0.222. The minimum Gasteiger partial charge on any atom is -0.494 e. The molecule has 2 N–H and O–H groups in total. The molecule has 0 aliphatic heterocycles. The van der Waals surface area contributed by atoms with Crippen LogP contribution in [0.15, 0.2) is 53.4 Å². The summed E-state index contributed by atoms with van der Waals surface area (Å²) >= 11 is 7.55. The maximum Gasteiger partial charge on any atom is 0.269 e. The smallest absolute Gasteiger partial charge is 0.269 e. The molecule has 2 rings (SSSR count). The van der Waals surface area contributed by atoms with E-state index in [0.29, 0.717) is 28.7 Å². The minimum atomic E-state index is -0.379. The van der Waals surface area contributed by atoms with E-state index in [4.69, 9.17) is 16.3 Å². The van der Waals surface area contributed by atoms with Crippen molar-refractivity contribution in [3.8, 4) is 5.75 Å². The first-order valence-corrected chi connectivity index (χ1v) is 9.16. The molecule has 0 atom stereocenters. The number of hydrogen-bond donors (Lipinski definition) is 2. The number of carbonyl (C=O) groups excluding carboxylic acids is 2. The van der Waals surface area contributed by atoms with Gasteiger partial charge in [0.25, 0.3) is 5.91 Å². The van der Waals surface area contributed by atoms with Gasteiger partial charge in [0.05, 0.1) is 11.6 Å². The molecule has 0 radical (unpaired) electrons. The Morgan fingerprint density at radius 2 is 1.80 bits per heavy atom. The van der Waals surface area contributed by atoms with Crippen molar-refractivity contribution in [2.75, 3.05) is 12.4 Å². The van der Waals surface area contributed by atoms with E-state index in [1.807, 2.05) is 25.1 Å². The van der Waals surface area contributed by atoms with Gasteiger partial charge in [-0.05, 0) is 43.3 Å². The van der Waals surface area contributed by atoms with Crippen LogP contribution in [0, 0.1) is 0 Å². The lowest BCUT2D eigenvalue weighted by Gasteiger charge is -2.08. The maximum absolute atomic E-state index is 12.0. The number of ether oxygens (including phenoxy) is 1. The molecule has 0 heterocycles. The zero-order chi connectivity index (χ0) is 18.1. The summed E-state index contributed by atoms with van der Waals surface area (Å²) in [4.78, 5) is 24.7. The van der Waals surface area contributed by atoms with Crippen LogP contribution in [0.2, 0.25) is 5.02 Å². The summed E-state index contributed by atoms with van der Waals surface area (Å²) in [6.07, 6.45) is 0.263. The highest BCUT2D eigenvalue weighted by Gasteiger charge is 2.08. The first-order valence-electron chi connectivity index (χ1n) is 7.79. The number of rotatable bonds is 7. The lowest BCUT2D eigenvalue weighted by atomic mass is 10.2. The molecule has 0 aliphatic carbocycles. The Hall–Kier alpha value is -2.18. The first-order chi connectivity index (χ1) is 12.1. The van der Waals surface area contributed by atoms with Crippen LogP contribution in [0.4, 0.5) is 0 Å². The van der Waals surface area contributed by atoms with E-state index in [1.54, 1.807) is 30.3 Å². The van der Waals surface area contributed by atoms with Crippen LogP contribution in [0.1, 0.15) is 23.7 Å². The van der Waals surface area contributed by atoms with E-state index < -0.39 is 0 Å². The van der Waals surface area contributed by atoms with E-state index in [-0.39, 0.29) is 18.2 Å². The Kier molecular flexibility index (Phi) is 7.63. The second-order valence-electron chi connectivity index (χ2n) is 4.99. The fourth-order valence-electron chi connectivity index (χ4n) is 1.95. The number of benzene rings is 2. The van der Waals surface area contributed by atoms with Gasteiger partial charge < -0.3 is 4.74 Å². The number of halogens is 1. The zero-order valence-electron chi connectivity index (χ0n) is 13.8. The van der Waals surface area contributed by atoms with Gasteiger partial charge in [-0.15, -0.1) is 11.8 Å². The maximum atomic E-state index is 12.0. The van der Waals surface area contributed by atoms with E-state index >= 15 is 0 Å². The monoisotopic (exact) mass is 378 g/mol. The van der Waals surface area contributed by atoms with Gasteiger partial charge in [-0.3, -0.25) is 20.4 Å². The molecule has 2 amide bonds. The predicted molar refractivity (Wildman–Crippen MR) is 100 cm³/mol. The second-order valence-corrected chi connectivity index (χ2v) is 6.53. The van der Waals surface area contributed by atoms with E-state index in [9.17, 15) is 9.59 Å². The largest absolute Gasteiger partial charge is 0.494 e. The predicted octanol–water partition coefficient (Wildman–Crippen LogP) is 3.68. The van der Waals surface area contributed by atoms with Crippen LogP contribution in [0.25, 0.3) is 0 Å². The van der Waals surface area contributed by atoms with Crippen LogP contribution < -0.4 is 15.6 Å². The number of carbonyl (C=O) groups is 2. The molecule has 0 saturated carbocycles. The van der Waals surface area contributed by atoms with Gasteiger partial charge in [-0.25, -0.2) is 0 Å². The van der Waals surface area contributed by atoms with Crippen molar-refractivity contribution < 1.29 is 14.3 Å². The summed E-state index contributed by atoms with van der Waals surface area (Å²) in [6.45, 7) is 2.45. The van der Waals surface area contributed by atoms with Crippen LogP contribution in [-0.4, -0.2) is 24.2 Å². The molecule has 5 nitrogen and oxygen atoms in total. The second kappa shape index (κ2) is 9.96. The Balaban J connectivity index is 1.72. The lowest BCUT2D eigenvalue weighted by molar-refractivity contribution is -0.121.